The Balaban J connectivity index is 0.000000221. The van der Waals surface area contributed by atoms with Crippen molar-refractivity contribution in [2.45, 2.75) is 17.3 Å². The topological polar surface area (TPSA) is 25.8 Å². The van der Waals surface area contributed by atoms with Gasteiger partial charge in [0.1, 0.15) is 0 Å². The van der Waals surface area contributed by atoms with Crippen LogP contribution < -0.4 is 4.40 Å². The van der Waals surface area contributed by atoms with E-state index in [2.05, 4.69) is 75.8 Å². The molecule has 0 atom stereocenters. The van der Waals surface area contributed by atoms with Gasteiger partial charge >= 0.3 is 135 Å². The van der Waals surface area contributed by atoms with Crippen LogP contribution in [0.15, 0.2) is 109 Å². The molecule has 5 rings (SSSR count). The molecular formula is C31H27FGeIrN2-2. The van der Waals surface area contributed by atoms with Crippen molar-refractivity contribution < 1.29 is 24.5 Å². The normalized spacial score (nSPS) is 10.6. The Bertz CT molecular complexity index is 1350. The summed E-state index contributed by atoms with van der Waals surface area (Å²) in [4.78, 5) is 8.59. The molecule has 0 bridgehead atoms. The van der Waals surface area contributed by atoms with Crippen molar-refractivity contribution >= 4 is 17.7 Å². The van der Waals surface area contributed by atoms with Gasteiger partial charge < -0.3 is 4.98 Å². The van der Waals surface area contributed by atoms with Gasteiger partial charge in [0.2, 0.25) is 0 Å². The van der Waals surface area contributed by atoms with Crippen LogP contribution in [0.4, 0.5) is 4.39 Å². The predicted octanol–water partition coefficient (Wildman–Crippen LogP) is 7.45. The molecule has 0 saturated heterocycles. The summed E-state index contributed by atoms with van der Waals surface area (Å²) in [5, 5.41) is 0. The third-order valence-electron chi connectivity index (χ3n) is 5.54. The first-order valence-corrected chi connectivity index (χ1v) is 18.9. The van der Waals surface area contributed by atoms with Crippen LogP contribution in [0, 0.1) is 17.9 Å². The van der Waals surface area contributed by atoms with Crippen LogP contribution in [0.1, 0.15) is 0 Å². The number of hydrogen-bond acceptors (Lipinski definition) is 2. The molecule has 0 aliphatic carbocycles. The van der Waals surface area contributed by atoms with Gasteiger partial charge in [0.15, 0.2) is 0 Å². The van der Waals surface area contributed by atoms with Crippen molar-refractivity contribution in [3.05, 3.63) is 127 Å². The van der Waals surface area contributed by atoms with Crippen molar-refractivity contribution in [1.82, 2.24) is 9.97 Å². The summed E-state index contributed by atoms with van der Waals surface area (Å²) in [5.41, 5.74) is 6.07. The maximum absolute atomic E-state index is 12.6. The monoisotopic (exact) mass is 713 g/mol. The van der Waals surface area contributed by atoms with Gasteiger partial charge in [0.05, 0.1) is 0 Å². The third kappa shape index (κ3) is 7.54. The Morgan fingerprint density at radius 1 is 0.667 bits per heavy atom. The Labute approximate surface area is 229 Å². The van der Waals surface area contributed by atoms with Gasteiger partial charge in [-0.05, 0) is 11.8 Å². The molecule has 3 aromatic carbocycles. The first-order valence-electron chi connectivity index (χ1n) is 11.5. The minimum Gasteiger partial charge on any atom is 0 e. The zero-order chi connectivity index (χ0) is 24.7. The number of nitrogens with zero attached hydrogens (tertiary/aromatic N) is 2. The number of aromatic nitrogens is 2. The molecule has 2 heterocycles. The van der Waals surface area contributed by atoms with E-state index in [1.165, 1.54) is 27.7 Å². The maximum Gasteiger partial charge on any atom is 0 e. The molecule has 0 N–H and O–H groups in total. The van der Waals surface area contributed by atoms with Crippen LogP contribution in [0.5, 0.6) is 0 Å². The standard InChI is InChI=1S/C20H20GeN.C11H7FN.Ir/c1-21(2,3)19-11-9-16(10-12-19)18-13-14-22-20(15-18)17-7-5-4-6-8-17;12-10-6-4-9(5-7-10)11-3-1-2-8-13-11;/h4-7,9-15H,1-3H3;1-4,6-8H;/q2*-1;. The zero-order valence-electron chi connectivity index (χ0n) is 20.5. The predicted molar refractivity (Wildman–Crippen MR) is 145 cm³/mol. The molecule has 2 aromatic heterocycles. The van der Waals surface area contributed by atoms with Gasteiger partial charge in [-0.15, -0.1) is 29.8 Å². The Kier molecular flexibility index (Phi) is 9.89. The molecule has 0 amide bonds. The van der Waals surface area contributed by atoms with Gasteiger partial charge in [-0.25, -0.2) is 0 Å². The van der Waals surface area contributed by atoms with Crippen LogP contribution in [0.25, 0.3) is 33.6 Å². The average Bonchev–Trinajstić information content (AvgIpc) is 2.90. The molecular weight excluding hydrogens is 684 g/mol. The number of rotatable bonds is 4. The molecule has 5 heteroatoms. The second-order valence-corrected chi connectivity index (χ2v) is 19.8. The summed E-state index contributed by atoms with van der Waals surface area (Å²) >= 11 is -1.73. The van der Waals surface area contributed by atoms with Crippen molar-refractivity contribution in [3.63, 3.8) is 0 Å². The Morgan fingerprint density at radius 2 is 1.39 bits per heavy atom. The van der Waals surface area contributed by atoms with E-state index in [1.807, 2.05) is 48.7 Å². The first kappa shape index (κ1) is 27.7. The van der Waals surface area contributed by atoms with E-state index in [1.54, 1.807) is 12.3 Å². The summed E-state index contributed by atoms with van der Waals surface area (Å²) in [7, 11) is 0. The summed E-state index contributed by atoms with van der Waals surface area (Å²) in [5.74, 6) is 6.99. The average molecular weight is 711 g/mol. The van der Waals surface area contributed by atoms with Gasteiger partial charge in [0, 0.05) is 32.1 Å². The molecule has 0 saturated carbocycles. The van der Waals surface area contributed by atoms with Crippen LogP contribution in [-0.2, 0) is 20.1 Å². The number of hydrogen-bond donors (Lipinski definition) is 0. The summed E-state index contributed by atoms with van der Waals surface area (Å²) in [6.45, 7) is 0. The third-order valence-corrected chi connectivity index (χ3v) is 9.88. The quantitative estimate of drug-likeness (QED) is 0.143. The van der Waals surface area contributed by atoms with Gasteiger partial charge in [-0.3, -0.25) is 4.39 Å². The fourth-order valence-corrected chi connectivity index (χ4v) is 6.01. The largest absolute Gasteiger partial charge is 0 e. The molecule has 0 spiro atoms. The zero-order valence-corrected chi connectivity index (χ0v) is 25.0. The molecule has 0 fully saturated rings. The van der Waals surface area contributed by atoms with E-state index in [0.29, 0.717) is 0 Å². The fourth-order valence-electron chi connectivity index (χ4n) is 3.56. The first-order chi connectivity index (χ1) is 16.9. The number of pyridine rings is 2. The van der Waals surface area contributed by atoms with Gasteiger partial charge in [-0.2, -0.15) is 0 Å². The molecule has 183 valence electrons. The van der Waals surface area contributed by atoms with E-state index in [9.17, 15) is 4.39 Å². The summed E-state index contributed by atoms with van der Waals surface area (Å²) < 4.78 is 14.1. The molecule has 36 heavy (non-hydrogen) atoms. The Hall–Kier alpha value is -2.92. The maximum atomic E-state index is 12.6. The molecule has 5 aromatic rings. The molecule has 2 nitrogen and oxygen atoms in total. The minimum absolute atomic E-state index is 0. The fraction of sp³-hybridized carbons (Fsp3) is 0.0968. The Morgan fingerprint density at radius 3 is 2.00 bits per heavy atom. The van der Waals surface area contributed by atoms with E-state index in [0.717, 1.165) is 22.5 Å². The summed E-state index contributed by atoms with van der Waals surface area (Å²) in [6.07, 6.45) is 3.58. The smallest absolute Gasteiger partial charge is 0 e. The molecule has 0 unspecified atom stereocenters. The second-order valence-electron chi connectivity index (χ2n) is 9.17. The van der Waals surface area contributed by atoms with Gasteiger partial charge in [-0.1, -0.05) is 12.1 Å². The van der Waals surface area contributed by atoms with Crippen LogP contribution in [0.2, 0.25) is 17.3 Å². The van der Waals surface area contributed by atoms with Gasteiger partial charge in [0.25, 0.3) is 0 Å². The number of benzene rings is 3. The van der Waals surface area contributed by atoms with Crippen molar-refractivity contribution in [1.29, 1.82) is 0 Å². The number of halogens is 1. The van der Waals surface area contributed by atoms with E-state index in [-0.39, 0.29) is 25.9 Å². The van der Waals surface area contributed by atoms with Crippen molar-refractivity contribution in [2.24, 2.45) is 0 Å². The van der Waals surface area contributed by atoms with Crippen LogP contribution in [-0.4, -0.2) is 23.2 Å². The molecule has 0 aliphatic heterocycles. The van der Waals surface area contributed by atoms with E-state index >= 15 is 0 Å². The summed E-state index contributed by atoms with van der Waals surface area (Å²) in [6, 6.07) is 37.3. The SMILES string of the molecule is Fc1c[c-]c(-c2ccccn2)cc1.[CH3][Ge]([CH3])([CH3])[c]1ccc(-c2ccnc(-c3[c-]cccc3)c2)cc1.[Ir]. The van der Waals surface area contributed by atoms with E-state index < -0.39 is 13.3 Å². The van der Waals surface area contributed by atoms with Crippen molar-refractivity contribution in [2.75, 3.05) is 0 Å². The minimum atomic E-state index is -1.73. The van der Waals surface area contributed by atoms with Crippen LogP contribution in [0.3, 0.4) is 0 Å². The van der Waals surface area contributed by atoms with Crippen LogP contribution >= 0.6 is 0 Å². The van der Waals surface area contributed by atoms with Crippen molar-refractivity contribution in [3.8, 4) is 33.6 Å². The van der Waals surface area contributed by atoms with E-state index in [4.69, 9.17) is 0 Å². The second kappa shape index (κ2) is 12.9. The molecule has 0 aliphatic rings. The molecule has 1 radical (unpaired) electrons.